The summed E-state index contributed by atoms with van der Waals surface area (Å²) >= 11 is 0. The third kappa shape index (κ3) is 9.25. The largest absolute Gasteiger partial charge is 0.474 e. The average molecular weight is 474 g/mol. The number of carbonyl (C=O) groups excluding carboxylic acids is 2. The predicted molar refractivity (Wildman–Crippen MR) is 119 cm³/mol. The highest BCUT2D eigenvalue weighted by Gasteiger charge is 2.25. The zero-order chi connectivity index (χ0) is 24.9. The second-order valence-corrected chi connectivity index (χ2v) is 7.43. The number of nitrogens with zero attached hydrogens (tertiary/aromatic N) is 1. The monoisotopic (exact) mass is 474 g/mol. The molecule has 182 valence electrons. The lowest BCUT2D eigenvalue weighted by Crippen LogP contribution is -2.43. The van der Waals surface area contributed by atoms with Gasteiger partial charge in [0.1, 0.15) is 0 Å². The molecule has 11 heteroatoms. The van der Waals surface area contributed by atoms with E-state index >= 15 is 0 Å². The molecule has 0 radical (unpaired) electrons. The van der Waals surface area contributed by atoms with Crippen LogP contribution in [-0.4, -0.2) is 58.5 Å². The van der Waals surface area contributed by atoms with E-state index in [1.54, 1.807) is 0 Å². The number of hydrogen-bond acceptors (Lipinski definition) is 8. The maximum Gasteiger partial charge on any atom is 0.394 e. The lowest BCUT2D eigenvalue weighted by Gasteiger charge is -2.20. The van der Waals surface area contributed by atoms with Gasteiger partial charge in [-0.3, -0.25) is 4.79 Å². The fraction of sp³-hybridized carbons (Fsp3) is 0.348. The van der Waals surface area contributed by atoms with Crippen molar-refractivity contribution in [1.29, 1.82) is 0 Å². The van der Waals surface area contributed by atoms with Crippen LogP contribution in [0.25, 0.3) is 11.1 Å². The molecule has 0 unspecified atom stereocenters. The molecule has 2 aromatic rings. The summed E-state index contributed by atoms with van der Waals surface area (Å²) in [5.41, 5.74) is 2.76. The van der Waals surface area contributed by atoms with Gasteiger partial charge < -0.3 is 25.1 Å². The Bertz CT molecular complexity index is 964. The first-order valence-corrected chi connectivity index (χ1v) is 10.6. The van der Waals surface area contributed by atoms with E-state index in [0.717, 1.165) is 16.7 Å². The number of nitrogens with one attached hydrogen (secondary N) is 1. The Morgan fingerprint density at radius 2 is 1.59 bits per heavy atom. The molecule has 2 rings (SSSR count). The molecule has 1 amide bonds. The number of esters is 1. The van der Waals surface area contributed by atoms with Crippen LogP contribution in [0.4, 0.5) is 0 Å². The van der Waals surface area contributed by atoms with Crippen molar-refractivity contribution < 1.29 is 39.3 Å². The van der Waals surface area contributed by atoms with Gasteiger partial charge in [-0.2, -0.15) is 0 Å². The summed E-state index contributed by atoms with van der Waals surface area (Å²) in [6.45, 7) is -0.219. The minimum Gasteiger partial charge on any atom is -0.474 e. The van der Waals surface area contributed by atoms with Crippen molar-refractivity contribution >= 4 is 17.8 Å². The zero-order valence-corrected chi connectivity index (χ0v) is 18.3. The van der Waals surface area contributed by atoms with Crippen LogP contribution in [0.1, 0.15) is 24.8 Å². The molecule has 2 atom stereocenters. The van der Waals surface area contributed by atoms with Crippen LogP contribution < -0.4 is 5.32 Å². The van der Waals surface area contributed by atoms with Crippen molar-refractivity contribution in [3.05, 3.63) is 70.3 Å². The average Bonchev–Trinajstić information content (AvgIpc) is 2.81. The van der Waals surface area contributed by atoms with Crippen LogP contribution in [-0.2, 0) is 30.4 Å². The van der Waals surface area contributed by atoms with Crippen LogP contribution in [0.5, 0.6) is 0 Å². The van der Waals surface area contributed by atoms with Crippen LogP contribution in [0, 0.1) is 10.1 Å². The van der Waals surface area contributed by atoms with Crippen LogP contribution in [0.15, 0.2) is 54.6 Å². The molecule has 2 aromatic carbocycles. The van der Waals surface area contributed by atoms with Gasteiger partial charge in [0.25, 0.3) is 5.09 Å². The Balaban J connectivity index is 1.93. The normalized spacial score (nSPS) is 12.3. The van der Waals surface area contributed by atoms with Gasteiger partial charge in [0.2, 0.25) is 0 Å². The van der Waals surface area contributed by atoms with Crippen LogP contribution >= 0.6 is 0 Å². The number of ether oxygens (including phenoxy) is 1. The number of carboxylic acid groups (broad SMARTS) is 1. The quantitative estimate of drug-likeness (QED) is 0.129. The smallest absolute Gasteiger partial charge is 0.394 e. The first-order valence-electron chi connectivity index (χ1n) is 10.6. The van der Waals surface area contributed by atoms with E-state index in [-0.39, 0.29) is 32.5 Å². The number of aliphatic hydroxyl groups is 1. The van der Waals surface area contributed by atoms with Crippen molar-refractivity contribution in [2.45, 2.75) is 37.8 Å². The lowest BCUT2D eigenvalue weighted by molar-refractivity contribution is -0.757. The molecular formula is C23H26N2O9. The summed E-state index contributed by atoms with van der Waals surface area (Å²) in [5, 5.41) is 30.6. The molecule has 11 nitrogen and oxygen atoms in total. The fourth-order valence-corrected chi connectivity index (χ4v) is 3.17. The molecular weight excluding hydrogens is 448 g/mol. The third-order valence-corrected chi connectivity index (χ3v) is 4.83. The molecule has 0 fully saturated rings. The van der Waals surface area contributed by atoms with E-state index in [2.05, 4.69) is 10.2 Å². The highest BCUT2D eigenvalue weighted by molar-refractivity contribution is 6.31. The highest BCUT2D eigenvalue weighted by atomic mass is 16.9. The van der Waals surface area contributed by atoms with E-state index in [0.29, 0.717) is 6.42 Å². The maximum absolute atomic E-state index is 12.1. The van der Waals surface area contributed by atoms with Gasteiger partial charge in [-0.25, -0.2) is 9.59 Å². The molecule has 0 bridgehead atoms. The molecule has 0 heterocycles. The summed E-state index contributed by atoms with van der Waals surface area (Å²) < 4.78 is 4.94. The number of aliphatic hydroxyl groups excluding tert-OH is 1. The van der Waals surface area contributed by atoms with Crippen LogP contribution in [0.2, 0.25) is 0 Å². The predicted octanol–water partition coefficient (Wildman–Crippen LogP) is 1.75. The van der Waals surface area contributed by atoms with Gasteiger partial charge in [-0.1, -0.05) is 54.6 Å². The van der Waals surface area contributed by atoms with Gasteiger partial charge in [0.15, 0.2) is 6.10 Å². The molecule has 0 aliphatic heterocycles. The minimum atomic E-state index is -1.68. The second kappa shape index (κ2) is 13.5. The number of carboxylic acids is 1. The Labute approximate surface area is 195 Å². The van der Waals surface area contributed by atoms with Crippen molar-refractivity contribution in [3.8, 4) is 11.1 Å². The van der Waals surface area contributed by atoms with Gasteiger partial charge >= 0.3 is 17.8 Å². The number of benzene rings is 2. The molecule has 0 aromatic heterocycles. The molecule has 34 heavy (non-hydrogen) atoms. The summed E-state index contributed by atoms with van der Waals surface area (Å²) in [6, 6.07) is 16.2. The van der Waals surface area contributed by atoms with Crippen molar-refractivity contribution in [1.82, 2.24) is 5.32 Å². The Hall–Kier alpha value is -3.99. The Kier molecular flexibility index (Phi) is 10.5. The molecule has 0 spiro atoms. The molecule has 0 aliphatic carbocycles. The second-order valence-electron chi connectivity index (χ2n) is 7.43. The SMILES string of the molecule is O=C(O)C(=O)N[C@H](Cc1ccc(-c2ccccc2)cc1)C[C@@H](O)C(=O)OCCCCO[N+](=O)[O-]. The summed E-state index contributed by atoms with van der Waals surface area (Å²) in [5.74, 6) is -3.88. The lowest BCUT2D eigenvalue weighted by atomic mass is 9.98. The molecule has 0 saturated carbocycles. The summed E-state index contributed by atoms with van der Waals surface area (Å²) in [4.78, 5) is 48.9. The van der Waals surface area contributed by atoms with E-state index in [1.165, 1.54) is 0 Å². The van der Waals surface area contributed by atoms with Gasteiger partial charge in [-0.15, -0.1) is 10.1 Å². The first kappa shape index (κ1) is 26.3. The van der Waals surface area contributed by atoms with Gasteiger partial charge in [0, 0.05) is 12.5 Å². The standard InChI is InChI=1S/C23H26N2O9/c26-20(23(30)33-12-4-5-13-34-25(31)32)15-19(24-21(27)22(28)29)14-16-8-10-18(11-9-16)17-6-2-1-3-7-17/h1-3,6-11,19-20,26H,4-5,12-15H2,(H,24,27)(H,28,29)/t19-,20-/m1/s1. The van der Waals surface area contributed by atoms with Gasteiger partial charge in [-0.05, 0) is 36.0 Å². The van der Waals surface area contributed by atoms with Crippen molar-refractivity contribution in [3.63, 3.8) is 0 Å². The van der Waals surface area contributed by atoms with E-state index in [1.807, 2.05) is 54.6 Å². The number of aliphatic carboxylic acids is 1. The number of unbranched alkanes of at least 4 members (excludes halogenated alkanes) is 1. The van der Waals surface area contributed by atoms with E-state index in [4.69, 9.17) is 9.84 Å². The minimum absolute atomic E-state index is 0.0793. The van der Waals surface area contributed by atoms with Gasteiger partial charge in [0.05, 0.1) is 13.2 Å². The molecule has 3 N–H and O–H groups in total. The number of carbonyl (C=O) groups is 3. The summed E-state index contributed by atoms with van der Waals surface area (Å²) in [7, 11) is 0. The Morgan fingerprint density at radius 1 is 0.971 bits per heavy atom. The van der Waals surface area contributed by atoms with Crippen molar-refractivity contribution in [2.75, 3.05) is 13.2 Å². The first-order chi connectivity index (χ1) is 16.3. The number of amides is 1. The topological polar surface area (TPSA) is 165 Å². The molecule has 0 saturated heterocycles. The van der Waals surface area contributed by atoms with Crippen LogP contribution in [0.3, 0.4) is 0 Å². The zero-order valence-electron chi connectivity index (χ0n) is 18.3. The van der Waals surface area contributed by atoms with E-state index < -0.39 is 35.1 Å². The Morgan fingerprint density at radius 3 is 2.21 bits per heavy atom. The highest BCUT2D eigenvalue weighted by Crippen LogP contribution is 2.20. The fourth-order valence-electron chi connectivity index (χ4n) is 3.17. The maximum atomic E-state index is 12.1. The third-order valence-electron chi connectivity index (χ3n) is 4.83. The summed E-state index contributed by atoms with van der Waals surface area (Å²) in [6.07, 6.45) is -1.11. The number of hydrogen-bond donors (Lipinski definition) is 3. The number of rotatable bonds is 13. The van der Waals surface area contributed by atoms with E-state index in [9.17, 15) is 29.6 Å². The van der Waals surface area contributed by atoms with Crippen molar-refractivity contribution in [2.24, 2.45) is 0 Å². The molecule has 0 aliphatic rings.